The molecule has 1 N–H and O–H groups in total. The predicted octanol–water partition coefficient (Wildman–Crippen LogP) is 5.21. The molecular formula is C19H17ClN2OS. The van der Waals surface area contributed by atoms with Gasteiger partial charge in [0.25, 0.3) is 0 Å². The van der Waals surface area contributed by atoms with Crippen molar-refractivity contribution in [3.8, 4) is 11.3 Å². The van der Waals surface area contributed by atoms with Gasteiger partial charge in [0.15, 0.2) is 5.13 Å². The third kappa shape index (κ3) is 4.22. The molecule has 0 aliphatic carbocycles. The van der Waals surface area contributed by atoms with E-state index in [-0.39, 0.29) is 5.91 Å². The van der Waals surface area contributed by atoms with Crippen molar-refractivity contribution in [3.63, 3.8) is 0 Å². The van der Waals surface area contributed by atoms with Gasteiger partial charge in [-0.3, -0.25) is 4.79 Å². The van der Waals surface area contributed by atoms with Crippen molar-refractivity contribution in [1.82, 2.24) is 4.98 Å². The van der Waals surface area contributed by atoms with E-state index in [0.717, 1.165) is 23.2 Å². The van der Waals surface area contributed by atoms with E-state index < -0.39 is 0 Å². The highest BCUT2D eigenvalue weighted by Gasteiger charge is 2.09. The second-order valence-electron chi connectivity index (χ2n) is 5.44. The number of carbonyl (C=O) groups excluding carboxylic acids is 1. The minimum atomic E-state index is -0.0590. The van der Waals surface area contributed by atoms with Gasteiger partial charge < -0.3 is 5.32 Å². The van der Waals surface area contributed by atoms with Gasteiger partial charge >= 0.3 is 0 Å². The maximum atomic E-state index is 12.2. The smallest absolute Gasteiger partial charge is 0.230 e. The Morgan fingerprint density at radius 2 is 1.75 bits per heavy atom. The zero-order chi connectivity index (χ0) is 16.9. The fourth-order valence-corrected chi connectivity index (χ4v) is 3.19. The van der Waals surface area contributed by atoms with Crippen LogP contribution in [0, 0.1) is 0 Å². The monoisotopic (exact) mass is 356 g/mol. The van der Waals surface area contributed by atoms with E-state index in [9.17, 15) is 4.79 Å². The Labute approximate surface area is 150 Å². The van der Waals surface area contributed by atoms with Gasteiger partial charge in [-0.25, -0.2) is 4.98 Å². The van der Waals surface area contributed by atoms with E-state index in [1.165, 1.54) is 16.9 Å². The molecule has 0 atom stereocenters. The summed E-state index contributed by atoms with van der Waals surface area (Å²) in [5.41, 5.74) is 4.08. The maximum Gasteiger partial charge on any atom is 0.230 e. The number of halogens is 1. The van der Waals surface area contributed by atoms with Crippen molar-refractivity contribution in [2.24, 2.45) is 0 Å². The molecule has 3 aromatic rings. The van der Waals surface area contributed by atoms with Gasteiger partial charge in [-0.1, -0.05) is 54.9 Å². The molecule has 3 rings (SSSR count). The number of carbonyl (C=O) groups is 1. The minimum absolute atomic E-state index is 0.0590. The van der Waals surface area contributed by atoms with E-state index in [4.69, 9.17) is 11.6 Å². The number of nitrogens with zero attached hydrogens (tertiary/aromatic N) is 1. The predicted molar refractivity (Wildman–Crippen MR) is 101 cm³/mol. The van der Waals surface area contributed by atoms with Crippen LogP contribution in [0.2, 0.25) is 5.02 Å². The third-order valence-electron chi connectivity index (χ3n) is 3.69. The molecule has 5 heteroatoms. The van der Waals surface area contributed by atoms with Crippen molar-refractivity contribution in [3.05, 3.63) is 70.1 Å². The van der Waals surface area contributed by atoms with Crippen LogP contribution in [0.1, 0.15) is 18.1 Å². The summed E-state index contributed by atoms with van der Waals surface area (Å²) >= 11 is 7.31. The summed E-state index contributed by atoms with van der Waals surface area (Å²) in [6, 6.07) is 15.6. The van der Waals surface area contributed by atoms with Gasteiger partial charge in [-0.2, -0.15) is 0 Å². The van der Waals surface area contributed by atoms with Gasteiger partial charge in [-0.05, 0) is 29.7 Å². The molecule has 0 aliphatic rings. The Hall–Kier alpha value is -2.17. The van der Waals surface area contributed by atoms with Gasteiger partial charge in [-0.15, -0.1) is 11.3 Å². The number of benzene rings is 2. The number of hydrogen-bond donors (Lipinski definition) is 1. The molecule has 0 unspecified atom stereocenters. The molecule has 1 amide bonds. The highest BCUT2D eigenvalue weighted by Crippen LogP contribution is 2.26. The Morgan fingerprint density at radius 3 is 2.42 bits per heavy atom. The molecular weight excluding hydrogens is 340 g/mol. The summed E-state index contributed by atoms with van der Waals surface area (Å²) in [6.45, 7) is 2.11. The average Bonchev–Trinajstić information content (AvgIpc) is 3.04. The quantitative estimate of drug-likeness (QED) is 0.682. The summed E-state index contributed by atoms with van der Waals surface area (Å²) in [5.74, 6) is -0.0590. The van der Waals surface area contributed by atoms with E-state index >= 15 is 0 Å². The average molecular weight is 357 g/mol. The lowest BCUT2D eigenvalue weighted by Crippen LogP contribution is -2.14. The van der Waals surface area contributed by atoms with E-state index in [1.54, 1.807) is 0 Å². The molecule has 2 aromatic carbocycles. The minimum Gasteiger partial charge on any atom is -0.302 e. The molecule has 3 nitrogen and oxygen atoms in total. The summed E-state index contributed by atoms with van der Waals surface area (Å²) in [4.78, 5) is 16.6. The number of nitrogens with one attached hydrogen (secondary N) is 1. The highest BCUT2D eigenvalue weighted by atomic mass is 35.5. The lowest BCUT2D eigenvalue weighted by Gasteiger charge is -2.03. The number of aromatic nitrogens is 1. The molecule has 24 heavy (non-hydrogen) atoms. The molecule has 0 fully saturated rings. The van der Waals surface area contributed by atoms with Crippen molar-refractivity contribution in [1.29, 1.82) is 0 Å². The Balaban J connectivity index is 1.63. The number of hydrogen-bond acceptors (Lipinski definition) is 3. The van der Waals surface area contributed by atoms with Crippen LogP contribution >= 0.6 is 22.9 Å². The maximum absolute atomic E-state index is 12.2. The number of rotatable bonds is 5. The highest BCUT2D eigenvalue weighted by molar-refractivity contribution is 7.14. The van der Waals surface area contributed by atoms with Crippen molar-refractivity contribution < 1.29 is 4.79 Å². The lowest BCUT2D eigenvalue weighted by molar-refractivity contribution is -0.115. The first-order chi connectivity index (χ1) is 11.6. The Kier molecular flexibility index (Phi) is 5.28. The fourth-order valence-electron chi connectivity index (χ4n) is 2.33. The third-order valence-corrected chi connectivity index (χ3v) is 4.70. The van der Waals surface area contributed by atoms with Crippen molar-refractivity contribution in [2.75, 3.05) is 5.32 Å². The number of anilines is 1. The van der Waals surface area contributed by atoms with Crippen LogP contribution in [0.5, 0.6) is 0 Å². The molecule has 0 aliphatic heterocycles. The van der Waals surface area contributed by atoms with Gasteiger partial charge in [0.1, 0.15) is 0 Å². The van der Waals surface area contributed by atoms with Crippen LogP contribution < -0.4 is 5.32 Å². The standard InChI is InChI=1S/C19H17ClN2OS/c1-2-13-3-5-14(6-4-13)11-18(23)22-19-21-17(12-24-19)15-7-9-16(20)10-8-15/h3-10,12H,2,11H2,1H3,(H,21,22,23). The zero-order valence-electron chi connectivity index (χ0n) is 13.3. The van der Waals surface area contributed by atoms with Crippen LogP contribution in [0.15, 0.2) is 53.9 Å². The first-order valence-corrected chi connectivity index (χ1v) is 8.99. The Morgan fingerprint density at radius 1 is 1.08 bits per heavy atom. The summed E-state index contributed by atoms with van der Waals surface area (Å²) in [5, 5.41) is 6.09. The van der Waals surface area contributed by atoms with Crippen LogP contribution in [0.25, 0.3) is 11.3 Å². The molecule has 1 aromatic heterocycles. The Bertz CT molecular complexity index is 825. The number of aryl methyl sites for hydroxylation is 1. The summed E-state index contributed by atoms with van der Waals surface area (Å²) in [7, 11) is 0. The van der Waals surface area contributed by atoms with Gasteiger partial charge in [0, 0.05) is 16.0 Å². The normalized spacial score (nSPS) is 10.6. The van der Waals surface area contributed by atoms with Crippen LogP contribution in [-0.2, 0) is 17.6 Å². The van der Waals surface area contributed by atoms with Crippen LogP contribution in [0.3, 0.4) is 0 Å². The zero-order valence-corrected chi connectivity index (χ0v) is 14.8. The molecule has 0 radical (unpaired) electrons. The molecule has 1 heterocycles. The molecule has 0 bridgehead atoms. The molecule has 0 saturated carbocycles. The molecule has 122 valence electrons. The number of thiazole rings is 1. The summed E-state index contributed by atoms with van der Waals surface area (Å²) in [6.07, 6.45) is 1.35. The van der Waals surface area contributed by atoms with Crippen LogP contribution in [-0.4, -0.2) is 10.9 Å². The molecule has 0 spiro atoms. The van der Waals surface area contributed by atoms with Gasteiger partial charge in [0.2, 0.25) is 5.91 Å². The van der Waals surface area contributed by atoms with Crippen LogP contribution in [0.4, 0.5) is 5.13 Å². The topological polar surface area (TPSA) is 42.0 Å². The SMILES string of the molecule is CCc1ccc(CC(=O)Nc2nc(-c3ccc(Cl)cc3)cs2)cc1. The van der Waals surface area contributed by atoms with Crippen molar-refractivity contribution in [2.45, 2.75) is 19.8 Å². The largest absolute Gasteiger partial charge is 0.302 e. The first kappa shape index (κ1) is 16.7. The van der Waals surface area contributed by atoms with Gasteiger partial charge in [0.05, 0.1) is 12.1 Å². The van der Waals surface area contributed by atoms with E-state index in [2.05, 4.69) is 29.4 Å². The second kappa shape index (κ2) is 7.60. The van der Waals surface area contributed by atoms with Crippen molar-refractivity contribution >= 4 is 34.0 Å². The molecule has 0 saturated heterocycles. The lowest BCUT2D eigenvalue weighted by atomic mass is 10.1. The number of amides is 1. The van der Waals surface area contributed by atoms with E-state index in [1.807, 2.05) is 41.8 Å². The summed E-state index contributed by atoms with van der Waals surface area (Å²) < 4.78 is 0. The second-order valence-corrected chi connectivity index (χ2v) is 6.73. The van der Waals surface area contributed by atoms with E-state index in [0.29, 0.717) is 16.6 Å². The fraction of sp³-hybridized carbons (Fsp3) is 0.158. The first-order valence-electron chi connectivity index (χ1n) is 7.73.